The molecule has 112 valence electrons. The predicted octanol–water partition coefficient (Wildman–Crippen LogP) is 3.06. The first-order chi connectivity index (χ1) is 10.2. The van der Waals surface area contributed by atoms with Crippen molar-refractivity contribution in [1.29, 1.82) is 0 Å². The number of nitrogens with zero attached hydrogens (tertiary/aromatic N) is 3. The molecule has 1 saturated heterocycles. The predicted molar refractivity (Wildman–Crippen MR) is 88.5 cm³/mol. The Hall–Kier alpha value is -1.11. The zero-order valence-corrected chi connectivity index (χ0v) is 13.9. The average Bonchev–Trinajstić information content (AvgIpc) is 2.96. The highest BCUT2D eigenvalue weighted by molar-refractivity contribution is 9.10. The molecule has 1 fully saturated rings. The number of aromatic nitrogens is 3. The Kier molecular flexibility index (Phi) is 4.47. The van der Waals surface area contributed by atoms with Crippen LogP contribution in [0.1, 0.15) is 12.8 Å². The van der Waals surface area contributed by atoms with Gasteiger partial charge < -0.3 is 10.6 Å². The van der Waals surface area contributed by atoms with Gasteiger partial charge in [-0.2, -0.15) is 4.98 Å². The molecule has 0 unspecified atom stereocenters. The number of hydrogen-bond donors (Lipinski definition) is 2. The lowest BCUT2D eigenvalue weighted by Crippen LogP contribution is -2.36. The second-order valence-electron chi connectivity index (χ2n) is 5.31. The molecule has 1 aliphatic rings. The Morgan fingerprint density at radius 3 is 2.76 bits per heavy atom. The molecule has 2 heterocycles. The molecule has 0 amide bonds. The fraction of sp³-hybridized carbons (Fsp3) is 0.429. The number of aromatic amines is 1. The lowest BCUT2D eigenvalue weighted by Gasteiger charge is -2.30. The third kappa shape index (κ3) is 3.39. The van der Waals surface area contributed by atoms with Gasteiger partial charge in [-0.3, -0.25) is 5.10 Å². The zero-order valence-electron chi connectivity index (χ0n) is 11.5. The van der Waals surface area contributed by atoms with Crippen molar-refractivity contribution in [2.75, 3.05) is 24.5 Å². The van der Waals surface area contributed by atoms with Crippen LogP contribution in [0.5, 0.6) is 0 Å². The van der Waals surface area contributed by atoms with Crippen LogP contribution < -0.4 is 10.6 Å². The van der Waals surface area contributed by atoms with Gasteiger partial charge in [0.2, 0.25) is 5.95 Å². The SMILES string of the molecule is NCC1CCN(c2n[nH]c(-c3cc(Cl)cc(Br)c3)n2)CC1. The number of piperidine rings is 1. The molecule has 3 N–H and O–H groups in total. The Balaban J connectivity index is 1.77. The van der Waals surface area contributed by atoms with Gasteiger partial charge in [-0.25, -0.2) is 0 Å². The molecule has 0 radical (unpaired) electrons. The van der Waals surface area contributed by atoms with Crippen LogP contribution in [0.2, 0.25) is 5.02 Å². The maximum Gasteiger partial charge on any atom is 0.245 e. The molecule has 7 heteroatoms. The van der Waals surface area contributed by atoms with E-state index >= 15 is 0 Å². The van der Waals surface area contributed by atoms with Crippen molar-refractivity contribution in [3.05, 3.63) is 27.7 Å². The minimum atomic E-state index is 0.628. The molecule has 1 aromatic carbocycles. The van der Waals surface area contributed by atoms with E-state index in [1.165, 1.54) is 0 Å². The van der Waals surface area contributed by atoms with Crippen LogP contribution in [0.15, 0.2) is 22.7 Å². The number of hydrogen-bond acceptors (Lipinski definition) is 4. The molecule has 0 aliphatic carbocycles. The van der Waals surface area contributed by atoms with Crippen LogP contribution in [0.3, 0.4) is 0 Å². The van der Waals surface area contributed by atoms with E-state index in [1.807, 2.05) is 18.2 Å². The monoisotopic (exact) mass is 369 g/mol. The second kappa shape index (κ2) is 6.34. The van der Waals surface area contributed by atoms with E-state index in [4.69, 9.17) is 17.3 Å². The Morgan fingerprint density at radius 1 is 1.33 bits per heavy atom. The van der Waals surface area contributed by atoms with Gasteiger partial charge in [-0.1, -0.05) is 27.5 Å². The topological polar surface area (TPSA) is 70.8 Å². The van der Waals surface area contributed by atoms with Crippen LogP contribution in [0, 0.1) is 5.92 Å². The van der Waals surface area contributed by atoms with Crippen molar-refractivity contribution in [1.82, 2.24) is 15.2 Å². The molecule has 1 aliphatic heterocycles. The summed E-state index contributed by atoms with van der Waals surface area (Å²) >= 11 is 9.51. The standard InChI is InChI=1S/C14H17BrClN5/c15-11-5-10(6-12(16)7-11)13-18-14(20-19-13)21-3-1-9(8-17)2-4-21/h5-7,9H,1-4,8,17H2,(H,18,19,20). The van der Waals surface area contributed by atoms with Crippen molar-refractivity contribution < 1.29 is 0 Å². The van der Waals surface area contributed by atoms with E-state index in [0.29, 0.717) is 10.9 Å². The zero-order chi connectivity index (χ0) is 14.8. The summed E-state index contributed by atoms with van der Waals surface area (Å²) in [6.07, 6.45) is 2.20. The van der Waals surface area contributed by atoms with Gasteiger partial charge in [-0.15, -0.1) is 5.10 Å². The lowest BCUT2D eigenvalue weighted by molar-refractivity contribution is 0.411. The second-order valence-corrected chi connectivity index (χ2v) is 6.66. The molecule has 21 heavy (non-hydrogen) atoms. The smallest absolute Gasteiger partial charge is 0.245 e. The quantitative estimate of drug-likeness (QED) is 0.871. The Bertz CT molecular complexity index is 601. The molecule has 5 nitrogen and oxygen atoms in total. The normalized spacial score (nSPS) is 16.4. The molecule has 0 saturated carbocycles. The Labute approximate surface area is 137 Å². The van der Waals surface area contributed by atoms with Crippen LogP contribution in [-0.4, -0.2) is 34.8 Å². The molecule has 2 aromatic rings. The Morgan fingerprint density at radius 2 is 2.10 bits per heavy atom. The number of rotatable bonds is 3. The molecular formula is C14H17BrClN5. The van der Waals surface area contributed by atoms with Crippen molar-refractivity contribution in [2.24, 2.45) is 11.7 Å². The number of halogens is 2. The van der Waals surface area contributed by atoms with Crippen molar-refractivity contribution in [3.8, 4) is 11.4 Å². The molecule has 0 atom stereocenters. The largest absolute Gasteiger partial charge is 0.340 e. The van der Waals surface area contributed by atoms with Crippen molar-refractivity contribution in [2.45, 2.75) is 12.8 Å². The molecule has 1 aromatic heterocycles. The fourth-order valence-corrected chi connectivity index (χ4v) is 3.44. The summed E-state index contributed by atoms with van der Waals surface area (Å²) in [7, 11) is 0. The first kappa shape index (κ1) is 14.8. The van der Waals surface area contributed by atoms with Gasteiger partial charge in [0.05, 0.1) is 0 Å². The molecule has 0 bridgehead atoms. The van der Waals surface area contributed by atoms with Gasteiger partial charge in [0.15, 0.2) is 5.82 Å². The van der Waals surface area contributed by atoms with E-state index < -0.39 is 0 Å². The van der Waals surface area contributed by atoms with Crippen molar-refractivity contribution in [3.63, 3.8) is 0 Å². The number of nitrogens with one attached hydrogen (secondary N) is 1. The van der Waals surface area contributed by atoms with Gasteiger partial charge in [-0.05, 0) is 43.5 Å². The van der Waals surface area contributed by atoms with E-state index in [9.17, 15) is 0 Å². The number of H-pyrrole nitrogens is 1. The first-order valence-electron chi connectivity index (χ1n) is 6.99. The van der Waals surface area contributed by atoms with Gasteiger partial charge in [0.25, 0.3) is 0 Å². The highest BCUT2D eigenvalue weighted by atomic mass is 79.9. The van der Waals surface area contributed by atoms with E-state index in [2.05, 4.69) is 36.0 Å². The maximum atomic E-state index is 6.07. The maximum absolute atomic E-state index is 6.07. The van der Waals surface area contributed by atoms with Gasteiger partial charge in [0.1, 0.15) is 0 Å². The highest BCUT2D eigenvalue weighted by Crippen LogP contribution is 2.27. The molecule has 0 spiro atoms. The molecular weight excluding hydrogens is 354 g/mol. The third-order valence-corrected chi connectivity index (χ3v) is 4.52. The summed E-state index contributed by atoms with van der Waals surface area (Å²) in [4.78, 5) is 6.79. The highest BCUT2D eigenvalue weighted by Gasteiger charge is 2.21. The average molecular weight is 371 g/mol. The minimum Gasteiger partial charge on any atom is -0.340 e. The van der Waals surface area contributed by atoms with Crippen LogP contribution in [-0.2, 0) is 0 Å². The number of nitrogens with two attached hydrogens (primary N) is 1. The summed E-state index contributed by atoms with van der Waals surface area (Å²) in [5.74, 6) is 2.11. The summed E-state index contributed by atoms with van der Waals surface area (Å²) in [5, 5.41) is 7.99. The van der Waals surface area contributed by atoms with Crippen LogP contribution in [0.25, 0.3) is 11.4 Å². The van der Waals surface area contributed by atoms with E-state index in [0.717, 1.165) is 54.3 Å². The van der Waals surface area contributed by atoms with Crippen LogP contribution in [0.4, 0.5) is 5.95 Å². The fourth-order valence-electron chi connectivity index (χ4n) is 2.58. The number of anilines is 1. The van der Waals surface area contributed by atoms with Gasteiger partial charge in [0, 0.05) is 28.1 Å². The van der Waals surface area contributed by atoms with E-state index in [1.54, 1.807) is 0 Å². The van der Waals surface area contributed by atoms with E-state index in [-0.39, 0.29) is 0 Å². The van der Waals surface area contributed by atoms with Crippen molar-refractivity contribution >= 4 is 33.5 Å². The van der Waals surface area contributed by atoms with Crippen LogP contribution >= 0.6 is 27.5 Å². The summed E-state index contributed by atoms with van der Waals surface area (Å²) in [6, 6.07) is 5.69. The summed E-state index contributed by atoms with van der Waals surface area (Å²) in [6.45, 7) is 2.68. The minimum absolute atomic E-state index is 0.628. The summed E-state index contributed by atoms with van der Waals surface area (Å²) < 4.78 is 0.923. The molecule has 3 rings (SSSR count). The number of benzene rings is 1. The first-order valence-corrected chi connectivity index (χ1v) is 8.16. The van der Waals surface area contributed by atoms with Gasteiger partial charge >= 0.3 is 0 Å². The third-order valence-electron chi connectivity index (χ3n) is 3.84. The lowest BCUT2D eigenvalue weighted by atomic mass is 9.97. The summed E-state index contributed by atoms with van der Waals surface area (Å²) in [5.41, 5.74) is 6.64.